The highest BCUT2D eigenvalue weighted by atomic mass is 32.1. The molecule has 47 heavy (non-hydrogen) atoms. The molecule has 1 atom stereocenters. The minimum atomic E-state index is -4.90. The number of aliphatic hydroxyl groups excluding tert-OH is 1. The fourth-order valence-corrected chi connectivity index (χ4v) is 7.82. The molecule has 16 heteroatoms. The van der Waals surface area contributed by atoms with Gasteiger partial charge in [0.05, 0.1) is 36.1 Å². The molecule has 4 heterocycles. The number of rotatable bonds is 8. The molecule has 3 N–H and O–H groups in total. The molecular formula is C31H39F3N4O7S2. The van der Waals surface area contributed by atoms with E-state index in [1.54, 1.807) is 32.1 Å². The van der Waals surface area contributed by atoms with Crippen LogP contribution in [0.2, 0.25) is 0 Å². The Morgan fingerprint density at radius 2 is 1.91 bits per heavy atom. The third-order valence-electron chi connectivity index (χ3n) is 8.30. The van der Waals surface area contributed by atoms with Gasteiger partial charge in [-0.2, -0.15) is 13.2 Å². The number of nitrogens with one attached hydrogen (secondary N) is 1. The zero-order chi connectivity index (χ0) is 34.1. The summed E-state index contributed by atoms with van der Waals surface area (Å²) >= 11 is 2.44. The number of aromatic nitrogens is 1. The summed E-state index contributed by atoms with van der Waals surface area (Å²) in [5, 5.41) is 23.3. The van der Waals surface area contributed by atoms with Gasteiger partial charge in [0, 0.05) is 43.2 Å². The van der Waals surface area contributed by atoms with Gasteiger partial charge in [-0.15, -0.1) is 11.3 Å². The van der Waals surface area contributed by atoms with Gasteiger partial charge in [-0.05, 0) is 63.1 Å². The number of aromatic amines is 1. The number of morpholine rings is 1. The number of carbonyl (C=O) groups is 2. The molecule has 258 valence electrons. The van der Waals surface area contributed by atoms with Gasteiger partial charge in [0.1, 0.15) is 16.9 Å². The molecule has 3 aromatic rings. The summed E-state index contributed by atoms with van der Waals surface area (Å²) in [6, 6.07) is 4.98. The number of thiophene rings is 1. The van der Waals surface area contributed by atoms with Crippen LogP contribution in [0.5, 0.6) is 5.75 Å². The highest BCUT2D eigenvalue weighted by Gasteiger charge is 2.48. The molecule has 11 nitrogen and oxygen atoms in total. The van der Waals surface area contributed by atoms with Gasteiger partial charge in [0.15, 0.2) is 0 Å². The third kappa shape index (κ3) is 8.65. The number of phenols is 1. The molecule has 0 unspecified atom stereocenters. The van der Waals surface area contributed by atoms with Gasteiger partial charge in [-0.1, -0.05) is 17.4 Å². The van der Waals surface area contributed by atoms with E-state index in [0.717, 1.165) is 26.7 Å². The average Bonchev–Trinajstić information content (AvgIpc) is 3.61. The van der Waals surface area contributed by atoms with Crippen LogP contribution in [0, 0.1) is 0 Å². The molecule has 0 saturated carbocycles. The summed E-state index contributed by atoms with van der Waals surface area (Å²) in [4.78, 5) is 44.7. The number of benzene rings is 1. The van der Waals surface area contributed by atoms with E-state index in [2.05, 4.69) is 16.0 Å². The van der Waals surface area contributed by atoms with Crippen LogP contribution in [-0.4, -0.2) is 105 Å². The Labute approximate surface area is 277 Å². The number of likely N-dealkylation sites (tertiary alicyclic amines) is 1. The summed E-state index contributed by atoms with van der Waals surface area (Å²) in [5.74, 6) is -1.92. The molecule has 2 amide bonds. The Hall–Kier alpha value is -3.18. The maximum absolute atomic E-state index is 13.2. The number of amides is 2. The van der Waals surface area contributed by atoms with Crippen LogP contribution in [0.3, 0.4) is 0 Å². The van der Waals surface area contributed by atoms with E-state index in [1.807, 2.05) is 5.38 Å². The Bertz CT molecular complexity index is 1640. The predicted octanol–water partition coefficient (Wildman–Crippen LogP) is 4.63. The molecule has 5 rings (SSSR count). The predicted molar refractivity (Wildman–Crippen MR) is 171 cm³/mol. The van der Waals surface area contributed by atoms with Crippen molar-refractivity contribution in [2.75, 3.05) is 45.9 Å². The van der Waals surface area contributed by atoms with Crippen molar-refractivity contribution in [1.82, 2.24) is 19.7 Å². The number of phenolic OH excluding ortho intramolecular Hbond substituents is 1. The Morgan fingerprint density at radius 1 is 1.19 bits per heavy atom. The number of ether oxygens (including phenoxy) is 2. The number of nitrogens with zero attached hydrogens (tertiary/aromatic N) is 3. The molecule has 2 fully saturated rings. The second-order valence-electron chi connectivity index (χ2n) is 13.0. The van der Waals surface area contributed by atoms with Crippen molar-refractivity contribution in [2.45, 2.75) is 70.1 Å². The fraction of sp³-hybridized carbons (Fsp3) is 0.581. The largest absolute Gasteiger partial charge is 0.506 e. The Balaban J connectivity index is 1.19. The maximum atomic E-state index is 13.2. The van der Waals surface area contributed by atoms with Crippen LogP contribution in [0.15, 0.2) is 28.4 Å². The molecule has 0 bridgehead atoms. The van der Waals surface area contributed by atoms with E-state index < -0.39 is 35.5 Å². The smallest absolute Gasteiger partial charge is 0.471 e. The van der Waals surface area contributed by atoms with Gasteiger partial charge < -0.3 is 34.5 Å². The van der Waals surface area contributed by atoms with Crippen molar-refractivity contribution < 1.29 is 42.4 Å². The number of thiazole rings is 1. The van der Waals surface area contributed by atoms with Crippen molar-refractivity contribution in [3.05, 3.63) is 49.3 Å². The topological polar surface area (TPSA) is 136 Å². The van der Waals surface area contributed by atoms with Crippen LogP contribution < -0.4 is 4.87 Å². The minimum absolute atomic E-state index is 0.0613. The number of H-pyrrole nitrogens is 1. The van der Waals surface area contributed by atoms with Crippen molar-refractivity contribution in [3.8, 4) is 5.75 Å². The quantitative estimate of drug-likeness (QED) is 0.310. The number of halogens is 3. The number of aromatic hydroxyl groups is 1. The molecule has 2 saturated heterocycles. The summed E-state index contributed by atoms with van der Waals surface area (Å²) in [7, 11) is 0. The van der Waals surface area contributed by atoms with E-state index in [9.17, 15) is 37.8 Å². The van der Waals surface area contributed by atoms with Crippen molar-refractivity contribution in [1.29, 1.82) is 0 Å². The number of alkyl halides is 3. The minimum Gasteiger partial charge on any atom is -0.506 e. The van der Waals surface area contributed by atoms with Crippen molar-refractivity contribution in [3.63, 3.8) is 0 Å². The zero-order valence-electron chi connectivity index (χ0n) is 26.4. The number of piperidine rings is 1. The zero-order valence-corrected chi connectivity index (χ0v) is 28.0. The first-order chi connectivity index (χ1) is 22.0. The number of fused-ring (bicyclic) bond motifs is 1. The summed E-state index contributed by atoms with van der Waals surface area (Å²) in [6.45, 7) is 7.27. The number of hydrogen-bond acceptors (Lipinski definition) is 10. The first-order valence-corrected chi connectivity index (χ1v) is 17.0. The summed E-state index contributed by atoms with van der Waals surface area (Å²) < 4.78 is 50.9. The standard InChI is InChI=1S/C31H39F3N4O7S2/c1-29(2,3)45-28(43)37(16-23(40)21-4-5-22(39)24-25(21)47-27(42)35-24)9-6-19-14-20(46-17-19)15-36-10-7-30(8-11-36)18-38(12-13-44-30)26(41)31(32,33)34/h4-5,14,17,23,39-40H,6-13,15-16,18H2,1-3H3,(H,35,42)/t23-/m0/s1. The van der Waals surface area contributed by atoms with E-state index in [0.29, 0.717) is 49.2 Å². The first-order valence-electron chi connectivity index (χ1n) is 15.3. The van der Waals surface area contributed by atoms with E-state index in [4.69, 9.17) is 9.47 Å². The maximum Gasteiger partial charge on any atom is 0.471 e. The molecule has 2 aromatic heterocycles. The lowest BCUT2D eigenvalue weighted by molar-refractivity contribution is -0.200. The molecule has 2 aliphatic rings. The lowest BCUT2D eigenvalue weighted by Gasteiger charge is -2.47. The van der Waals surface area contributed by atoms with Crippen molar-refractivity contribution in [2.24, 2.45) is 0 Å². The number of hydrogen-bond donors (Lipinski definition) is 3. The molecule has 1 aromatic carbocycles. The fourth-order valence-electron chi connectivity index (χ4n) is 5.94. The summed E-state index contributed by atoms with van der Waals surface area (Å²) in [6.07, 6.45) is -5.10. The van der Waals surface area contributed by atoms with E-state index in [-0.39, 0.29) is 48.9 Å². The lowest BCUT2D eigenvalue weighted by atomic mass is 9.89. The monoisotopic (exact) mass is 700 g/mol. The van der Waals surface area contributed by atoms with Gasteiger partial charge in [0.2, 0.25) is 0 Å². The molecule has 0 aliphatic carbocycles. The van der Waals surface area contributed by atoms with Crippen LogP contribution in [0.25, 0.3) is 10.2 Å². The highest BCUT2D eigenvalue weighted by Crippen LogP contribution is 2.34. The van der Waals surface area contributed by atoms with Crippen LogP contribution >= 0.6 is 22.7 Å². The first kappa shape index (κ1) is 35.1. The van der Waals surface area contributed by atoms with Crippen molar-refractivity contribution >= 4 is 44.9 Å². The second kappa shape index (κ2) is 13.7. The van der Waals surface area contributed by atoms with E-state index >= 15 is 0 Å². The highest BCUT2D eigenvalue weighted by molar-refractivity contribution is 7.16. The van der Waals surface area contributed by atoms with Crippen LogP contribution in [-0.2, 0) is 27.2 Å². The average molecular weight is 701 g/mol. The van der Waals surface area contributed by atoms with Crippen LogP contribution in [0.4, 0.5) is 18.0 Å². The Kier molecular flexibility index (Phi) is 10.3. The van der Waals surface area contributed by atoms with Gasteiger partial charge in [-0.25, -0.2) is 4.79 Å². The molecular weight excluding hydrogens is 661 g/mol. The van der Waals surface area contributed by atoms with Crippen LogP contribution in [0.1, 0.15) is 55.7 Å². The normalized spacial score (nSPS) is 18.1. The van der Waals surface area contributed by atoms with Gasteiger partial charge in [-0.3, -0.25) is 14.5 Å². The number of carbonyl (C=O) groups excluding carboxylic acids is 2. The Morgan fingerprint density at radius 3 is 2.60 bits per heavy atom. The molecule has 0 radical (unpaired) electrons. The summed E-state index contributed by atoms with van der Waals surface area (Å²) in [5.41, 5.74) is 0.115. The second-order valence-corrected chi connectivity index (χ2v) is 15.0. The SMILES string of the molecule is CC(C)(C)OC(=O)N(CCc1csc(CN2CCC3(CC2)CN(C(=O)C(F)(F)F)CCO3)c1)C[C@H](O)c1ccc(O)c2[nH]c(=O)sc12. The van der Waals surface area contributed by atoms with Gasteiger partial charge >= 0.3 is 23.0 Å². The lowest BCUT2D eigenvalue weighted by Crippen LogP contribution is -2.59. The third-order valence-corrected chi connectivity index (χ3v) is 10.2. The number of aliphatic hydroxyl groups is 1. The van der Waals surface area contributed by atoms with Gasteiger partial charge in [0.25, 0.3) is 0 Å². The molecule has 1 spiro atoms. The molecule has 2 aliphatic heterocycles. The van der Waals surface area contributed by atoms with E-state index in [1.165, 1.54) is 17.0 Å².